The van der Waals surface area contributed by atoms with Crippen molar-refractivity contribution in [3.63, 3.8) is 0 Å². The van der Waals surface area contributed by atoms with Crippen LogP contribution in [0.2, 0.25) is 0 Å². The lowest BCUT2D eigenvalue weighted by Gasteiger charge is -2.14. The normalized spacial score (nSPS) is 15.6. The average molecular weight is 314 g/mol. The summed E-state index contributed by atoms with van der Waals surface area (Å²) >= 11 is 0. The Balaban J connectivity index is 2.12. The maximum atomic E-state index is 12.2. The van der Waals surface area contributed by atoms with Crippen molar-refractivity contribution in [3.05, 3.63) is 29.0 Å². The van der Waals surface area contributed by atoms with E-state index in [0.717, 1.165) is 25.1 Å². The predicted octanol–water partition coefficient (Wildman–Crippen LogP) is 0.573. The van der Waals surface area contributed by atoms with Crippen LogP contribution in [0.15, 0.2) is 27.2 Å². The minimum Gasteiger partial charge on any atom is -0.465 e. The molecule has 8 heteroatoms. The van der Waals surface area contributed by atoms with E-state index in [-0.39, 0.29) is 23.0 Å². The van der Waals surface area contributed by atoms with Crippen LogP contribution in [0.5, 0.6) is 0 Å². The van der Waals surface area contributed by atoms with Crippen molar-refractivity contribution in [1.29, 1.82) is 0 Å². The molecule has 1 aliphatic heterocycles. The standard InChI is InChI=1S/C13H18N2O5S/c1-9-11(13(16)19-2)7-12(20-9)21(17,18)15-8-10-3-5-14-6-4-10/h3,7,14-15H,4-6,8H2,1-2H3. The smallest absolute Gasteiger partial charge is 0.341 e. The molecule has 1 aromatic heterocycles. The molecule has 1 aliphatic rings. The van der Waals surface area contributed by atoms with Gasteiger partial charge in [0.1, 0.15) is 11.3 Å². The summed E-state index contributed by atoms with van der Waals surface area (Å²) in [5, 5.41) is 2.87. The fourth-order valence-corrected chi connectivity index (χ4v) is 3.01. The molecule has 0 aliphatic carbocycles. The van der Waals surface area contributed by atoms with Gasteiger partial charge < -0.3 is 14.5 Å². The van der Waals surface area contributed by atoms with E-state index in [1.807, 2.05) is 6.08 Å². The number of aryl methyl sites for hydroxylation is 1. The van der Waals surface area contributed by atoms with Crippen molar-refractivity contribution in [3.8, 4) is 0 Å². The number of hydrogen-bond acceptors (Lipinski definition) is 6. The maximum Gasteiger partial charge on any atom is 0.341 e. The molecule has 2 rings (SSSR count). The highest BCUT2D eigenvalue weighted by molar-refractivity contribution is 7.89. The highest BCUT2D eigenvalue weighted by atomic mass is 32.2. The largest absolute Gasteiger partial charge is 0.465 e. The number of esters is 1. The van der Waals surface area contributed by atoms with Gasteiger partial charge in [0.15, 0.2) is 0 Å². The predicted molar refractivity (Wildman–Crippen MR) is 75.5 cm³/mol. The number of methoxy groups -OCH3 is 1. The fraction of sp³-hybridized carbons (Fsp3) is 0.462. The Morgan fingerprint density at radius 1 is 1.52 bits per heavy atom. The molecule has 0 bridgehead atoms. The van der Waals surface area contributed by atoms with Gasteiger partial charge in [-0.25, -0.2) is 17.9 Å². The van der Waals surface area contributed by atoms with Crippen LogP contribution in [0, 0.1) is 6.92 Å². The van der Waals surface area contributed by atoms with Crippen LogP contribution in [0.3, 0.4) is 0 Å². The topological polar surface area (TPSA) is 97.6 Å². The lowest BCUT2D eigenvalue weighted by Crippen LogP contribution is -2.29. The molecule has 0 amide bonds. The third-order valence-corrected chi connectivity index (χ3v) is 4.47. The first kappa shape index (κ1) is 15.7. The first-order valence-corrected chi connectivity index (χ1v) is 7.99. The molecular weight excluding hydrogens is 296 g/mol. The molecule has 0 aromatic carbocycles. The SMILES string of the molecule is COC(=O)c1cc(S(=O)(=O)NCC2=CCNCC2)oc1C. The molecule has 0 spiro atoms. The minimum atomic E-state index is -3.79. The molecule has 0 saturated heterocycles. The molecule has 116 valence electrons. The van der Waals surface area contributed by atoms with E-state index in [1.54, 1.807) is 0 Å². The number of carbonyl (C=O) groups is 1. The van der Waals surface area contributed by atoms with Gasteiger partial charge in [0.05, 0.1) is 7.11 Å². The third-order valence-electron chi connectivity index (χ3n) is 3.21. The Morgan fingerprint density at radius 3 is 2.90 bits per heavy atom. The third kappa shape index (κ3) is 3.72. The number of furan rings is 1. The molecular formula is C13H18N2O5S. The second kappa shape index (κ2) is 6.42. The van der Waals surface area contributed by atoms with E-state index in [1.165, 1.54) is 20.1 Å². The molecule has 2 heterocycles. The van der Waals surface area contributed by atoms with Gasteiger partial charge in [0.25, 0.3) is 10.0 Å². The quantitative estimate of drug-likeness (QED) is 0.609. The van der Waals surface area contributed by atoms with Crippen molar-refractivity contribution in [2.45, 2.75) is 18.4 Å². The monoisotopic (exact) mass is 314 g/mol. The number of sulfonamides is 1. The van der Waals surface area contributed by atoms with Crippen molar-refractivity contribution in [2.75, 3.05) is 26.7 Å². The van der Waals surface area contributed by atoms with E-state index in [0.29, 0.717) is 0 Å². The van der Waals surface area contributed by atoms with Crippen molar-refractivity contribution in [1.82, 2.24) is 10.0 Å². The second-order valence-electron chi connectivity index (χ2n) is 4.67. The summed E-state index contributed by atoms with van der Waals surface area (Å²) in [6, 6.07) is 1.18. The summed E-state index contributed by atoms with van der Waals surface area (Å²) in [4.78, 5) is 11.5. The lowest BCUT2D eigenvalue weighted by atomic mass is 10.1. The first-order valence-electron chi connectivity index (χ1n) is 6.51. The molecule has 2 N–H and O–H groups in total. The Bertz CT molecular complexity index is 660. The summed E-state index contributed by atoms with van der Waals surface area (Å²) < 4.78 is 36.5. The molecule has 0 fully saturated rings. The van der Waals surface area contributed by atoms with Crippen LogP contribution in [0.1, 0.15) is 22.5 Å². The van der Waals surface area contributed by atoms with E-state index < -0.39 is 16.0 Å². The number of hydrogen-bond donors (Lipinski definition) is 2. The van der Waals surface area contributed by atoms with Crippen LogP contribution in [0.4, 0.5) is 0 Å². The Morgan fingerprint density at radius 2 is 2.29 bits per heavy atom. The fourth-order valence-electron chi connectivity index (χ4n) is 1.99. The summed E-state index contributed by atoms with van der Waals surface area (Å²) in [7, 11) is -2.56. The first-order chi connectivity index (χ1) is 9.94. The number of carbonyl (C=O) groups excluding carboxylic acids is 1. The average Bonchev–Trinajstić information content (AvgIpc) is 2.88. The molecule has 1 aromatic rings. The zero-order valence-electron chi connectivity index (χ0n) is 11.9. The van der Waals surface area contributed by atoms with E-state index in [2.05, 4.69) is 14.8 Å². The van der Waals surface area contributed by atoms with Crippen molar-refractivity contribution >= 4 is 16.0 Å². The van der Waals surface area contributed by atoms with Crippen LogP contribution in [-0.4, -0.2) is 41.1 Å². The van der Waals surface area contributed by atoms with Crippen LogP contribution in [0.25, 0.3) is 0 Å². The molecule has 0 radical (unpaired) electrons. The lowest BCUT2D eigenvalue weighted by molar-refractivity contribution is 0.0599. The zero-order valence-corrected chi connectivity index (χ0v) is 12.7. The van der Waals surface area contributed by atoms with Crippen LogP contribution >= 0.6 is 0 Å². The maximum absolute atomic E-state index is 12.2. The summed E-state index contributed by atoms with van der Waals surface area (Å²) in [6.45, 7) is 3.32. The van der Waals surface area contributed by atoms with Gasteiger partial charge in [-0.1, -0.05) is 11.6 Å². The van der Waals surface area contributed by atoms with Crippen molar-refractivity contribution in [2.24, 2.45) is 0 Å². The number of nitrogens with one attached hydrogen (secondary N) is 2. The van der Waals surface area contributed by atoms with Gasteiger partial charge in [-0.05, 0) is 19.9 Å². The van der Waals surface area contributed by atoms with Crippen LogP contribution in [-0.2, 0) is 14.8 Å². The van der Waals surface area contributed by atoms with Gasteiger partial charge >= 0.3 is 5.97 Å². The molecule has 0 saturated carbocycles. The molecule has 0 atom stereocenters. The molecule has 7 nitrogen and oxygen atoms in total. The second-order valence-corrected chi connectivity index (χ2v) is 6.37. The van der Waals surface area contributed by atoms with Gasteiger partial charge in [0, 0.05) is 19.2 Å². The van der Waals surface area contributed by atoms with Gasteiger partial charge in [-0.3, -0.25) is 0 Å². The Kier molecular flexibility index (Phi) is 4.81. The zero-order chi connectivity index (χ0) is 15.5. The summed E-state index contributed by atoms with van der Waals surface area (Å²) in [5.41, 5.74) is 1.13. The highest BCUT2D eigenvalue weighted by Crippen LogP contribution is 2.20. The molecule has 21 heavy (non-hydrogen) atoms. The van der Waals surface area contributed by atoms with Gasteiger partial charge in [-0.2, -0.15) is 0 Å². The van der Waals surface area contributed by atoms with Gasteiger partial charge in [0.2, 0.25) is 5.09 Å². The highest BCUT2D eigenvalue weighted by Gasteiger charge is 2.24. The minimum absolute atomic E-state index is 0.110. The van der Waals surface area contributed by atoms with E-state index in [4.69, 9.17) is 4.42 Å². The number of rotatable bonds is 5. The Hall–Kier alpha value is -1.64. The number of ether oxygens (including phenoxy) is 1. The van der Waals surface area contributed by atoms with E-state index >= 15 is 0 Å². The summed E-state index contributed by atoms with van der Waals surface area (Å²) in [6.07, 6.45) is 2.76. The van der Waals surface area contributed by atoms with Crippen LogP contribution < -0.4 is 10.0 Å². The summed E-state index contributed by atoms with van der Waals surface area (Å²) in [5.74, 6) is -0.415. The van der Waals surface area contributed by atoms with Crippen molar-refractivity contribution < 1.29 is 22.4 Å². The van der Waals surface area contributed by atoms with E-state index in [9.17, 15) is 13.2 Å². The van der Waals surface area contributed by atoms with Gasteiger partial charge in [-0.15, -0.1) is 0 Å². The molecule has 0 unspecified atom stereocenters. The Labute approximate surface area is 123 Å².